The van der Waals surface area contributed by atoms with E-state index >= 15 is 0 Å². The normalized spacial score (nSPS) is 16.5. The van der Waals surface area contributed by atoms with Gasteiger partial charge in [-0.3, -0.25) is 4.79 Å². The Morgan fingerprint density at radius 1 is 1.44 bits per heavy atom. The van der Waals surface area contributed by atoms with Crippen LogP contribution in [0.3, 0.4) is 0 Å². The van der Waals surface area contributed by atoms with Gasteiger partial charge in [-0.05, 0) is 37.0 Å². The van der Waals surface area contributed by atoms with Gasteiger partial charge in [0.15, 0.2) is 0 Å². The van der Waals surface area contributed by atoms with Gasteiger partial charge < -0.3 is 15.2 Å². The van der Waals surface area contributed by atoms with Gasteiger partial charge >= 0.3 is 0 Å². The van der Waals surface area contributed by atoms with Crippen LogP contribution in [0.2, 0.25) is 5.02 Å². The predicted octanol–water partition coefficient (Wildman–Crippen LogP) is 2.20. The standard InChI is InChI=1S/C13H16ClNO3/c14-10-1-2-11(12(16)7-10)13(17)15-8-9-3-5-18-6-4-9/h1-2,7,9,16H,3-6,8H2,(H,15,17). The van der Waals surface area contributed by atoms with Gasteiger partial charge in [-0.2, -0.15) is 0 Å². The summed E-state index contributed by atoms with van der Waals surface area (Å²) in [5.74, 6) is 0.0970. The zero-order chi connectivity index (χ0) is 13.0. The van der Waals surface area contributed by atoms with Crippen LogP contribution in [0, 0.1) is 5.92 Å². The van der Waals surface area contributed by atoms with E-state index in [4.69, 9.17) is 16.3 Å². The molecule has 1 heterocycles. The molecule has 1 aromatic carbocycles. The van der Waals surface area contributed by atoms with E-state index in [0.717, 1.165) is 26.1 Å². The lowest BCUT2D eigenvalue weighted by molar-refractivity contribution is 0.0642. The summed E-state index contributed by atoms with van der Waals surface area (Å²) in [7, 11) is 0. The van der Waals surface area contributed by atoms with Crippen LogP contribution in [0.4, 0.5) is 0 Å². The van der Waals surface area contributed by atoms with Crippen molar-refractivity contribution in [1.29, 1.82) is 0 Å². The van der Waals surface area contributed by atoms with Crippen molar-refractivity contribution in [3.05, 3.63) is 28.8 Å². The molecule has 1 fully saturated rings. The first-order valence-corrected chi connectivity index (χ1v) is 6.39. The number of amides is 1. The minimum absolute atomic E-state index is 0.0908. The van der Waals surface area contributed by atoms with Crippen molar-refractivity contribution < 1.29 is 14.6 Å². The van der Waals surface area contributed by atoms with Crippen LogP contribution < -0.4 is 5.32 Å². The number of benzene rings is 1. The number of phenols is 1. The van der Waals surface area contributed by atoms with E-state index in [1.54, 1.807) is 6.07 Å². The number of hydrogen-bond acceptors (Lipinski definition) is 3. The number of nitrogens with one attached hydrogen (secondary N) is 1. The molecule has 0 spiro atoms. The molecule has 5 heteroatoms. The largest absolute Gasteiger partial charge is 0.507 e. The van der Waals surface area contributed by atoms with Crippen LogP contribution in [-0.2, 0) is 4.74 Å². The lowest BCUT2D eigenvalue weighted by Gasteiger charge is -2.22. The van der Waals surface area contributed by atoms with Crippen molar-refractivity contribution in [2.45, 2.75) is 12.8 Å². The minimum atomic E-state index is -0.268. The van der Waals surface area contributed by atoms with Crippen LogP contribution in [0.15, 0.2) is 18.2 Å². The Morgan fingerprint density at radius 3 is 2.83 bits per heavy atom. The van der Waals surface area contributed by atoms with Crippen molar-refractivity contribution in [3.63, 3.8) is 0 Å². The fraction of sp³-hybridized carbons (Fsp3) is 0.462. The highest BCUT2D eigenvalue weighted by Crippen LogP contribution is 2.22. The number of carbonyl (C=O) groups is 1. The Balaban J connectivity index is 1.90. The van der Waals surface area contributed by atoms with Crippen LogP contribution in [-0.4, -0.2) is 30.8 Å². The molecular weight excluding hydrogens is 254 g/mol. The zero-order valence-corrected chi connectivity index (χ0v) is 10.7. The highest BCUT2D eigenvalue weighted by Gasteiger charge is 2.16. The van der Waals surface area contributed by atoms with Gasteiger partial charge in [-0.25, -0.2) is 0 Å². The van der Waals surface area contributed by atoms with Crippen LogP contribution >= 0.6 is 11.6 Å². The molecule has 0 aliphatic carbocycles. The van der Waals surface area contributed by atoms with Gasteiger partial charge in [0.25, 0.3) is 5.91 Å². The first-order chi connectivity index (χ1) is 8.66. The number of rotatable bonds is 3. The average Bonchev–Trinajstić information content (AvgIpc) is 2.37. The molecule has 18 heavy (non-hydrogen) atoms. The Bertz CT molecular complexity index is 430. The zero-order valence-electron chi connectivity index (χ0n) is 9.99. The monoisotopic (exact) mass is 269 g/mol. The smallest absolute Gasteiger partial charge is 0.255 e. The molecule has 4 nitrogen and oxygen atoms in total. The first kappa shape index (κ1) is 13.2. The second-order valence-corrected chi connectivity index (χ2v) is 4.86. The van der Waals surface area contributed by atoms with E-state index in [9.17, 15) is 9.90 Å². The summed E-state index contributed by atoms with van der Waals surface area (Å²) in [5, 5.41) is 12.9. The molecule has 1 aliphatic rings. The summed E-state index contributed by atoms with van der Waals surface area (Å²) in [4.78, 5) is 11.9. The summed E-state index contributed by atoms with van der Waals surface area (Å²) in [6.07, 6.45) is 1.93. The highest BCUT2D eigenvalue weighted by molar-refractivity contribution is 6.30. The van der Waals surface area contributed by atoms with Gasteiger partial charge in [0.05, 0.1) is 5.56 Å². The molecule has 0 bridgehead atoms. The molecule has 0 unspecified atom stereocenters. The van der Waals surface area contributed by atoms with Crippen LogP contribution in [0.25, 0.3) is 0 Å². The van der Waals surface area contributed by atoms with E-state index in [2.05, 4.69) is 5.32 Å². The average molecular weight is 270 g/mol. The number of aromatic hydroxyl groups is 1. The lowest BCUT2D eigenvalue weighted by atomic mass is 10.0. The second kappa shape index (κ2) is 6.07. The third-order valence-corrected chi connectivity index (χ3v) is 3.33. The molecule has 1 saturated heterocycles. The fourth-order valence-electron chi connectivity index (χ4n) is 1.98. The van der Waals surface area contributed by atoms with E-state index in [-0.39, 0.29) is 17.2 Å². The Hall–Kier alpha value is -1.26. The molecule has 1 aromatic rings. The second-order valence-electron chi connectivity index (χ2n) is 4.43. The maximum atomic E-state index is 11.9. The molecule has 2 N–H and O–H groups in total. The molecule has 1 aliphatic heterocycles. The molecule has 0 radical (unpaired) electrons. The SMILES string of the molecule is O=C(NCC1CCOCC1)c1ccc(Cl)cc1O. The topological polar surface area (TPSA) is 58.6 Å². The summed E-state index contributed by atoms with van der Waals surface area (Å²) in [5.41, 5.74) is 0.256. The fourth-order valence-corrected chi connectivity index (χ4v) is 2.15. The third kappa shape index (κ3) is 3.37. The first-order valence-electron chi connectivity index (χ1n) is 6.01. The van der Waals surface area contributed by atoms with Gasteiger partial charge in [0.1, 0.15) is 5.75 Å². The molecular formula is C13H16ClNO3. The van der Waals surface area contributed by atoms with Gasteiger partial charge in [0.2, 0.25) is 0 Å². The maximum absolute atomic E-state index is 11.9. The van der Waals surface area contributed by atoms with Crippen LogP contribution in [0.1, 0.15) is 23.2 Å². The van der Waals surface area contributed by atoms with Crippen LogP contribution in [0.5, 0.6) is 5.75 Å². The number of carbonyl (C=O) groups excluding carboxylic acids is 1. The van der Waals surface area contributed by atoms with E-state index < -0.39 is 0 Å². The molecule has 2 rings (SSSR count). The van der Waals surface area contributed by atoms with Gasteiger partial charge in [-0.15, -0.1) is 0 Å². The summed E-state index contributed by atoms with van der Waals surface area (Å²) >= 11 is 5.71. The highest BCUT2D eigenvalue weighted by atomic mass is 35.5. The number of halogens is 1. The Morgan fingerprint density at radius 2 is 2.17 bits per heavy atom. The number of hydrogen-bond donors (Lipinski definition) is 2. The molecule has 98 valence electrons. The van der Waals surface area contributed by atoms with E-state index in [1.165, 1.54) is 12.1 Å². The summed E-state index contributed by atoms with van der Waals surface area (Å²) < 4.78 is 5.26. The van der Waals surface area contributed by atoms with Crippen molar-refractivity contribution in [3.8, 4) is 5.75 Å². The number of ether oxygens (including phenoxy) is 1. The Kier molecular flexibility index (Phi) is 4.44. The molecule has 0 aromatic heterocycles. The minimum Gasteiger partial charge on any atom is -0.507 e. The van der Waals surface area contributed by atoms with Gasteiger partial charge in [-0.1, -0.05) is 11.6 Å². The number of phenolic OH excluding ortho intramolecular Hbond substituents is 1. The lowest BCUT2D eigenvalue weighted by Crippen LogP contribution is -2.32. The van der Waals surface area contributed by atoms with Crippen molar-refractivity contribution >= 4 is 17.5 Å². The summed E-state index contributed by atoms with van der Waals surface area (Å²) in [6, 6.07) is 4.48. The van der Waals surface area contributed by atoms with E-state index in [1.807, 2.05) is 0 Å². The molecule has 0 atom stereocenters. The summed E-state index contributed by atoms with van der Waals surface area (Å²) in [6.45, 7) is 2.13. The molecule has 1 amide bonds. The maximum Gasteiger partial charge on any atom is 0.255 e. The van der Waals surface area contributed by atoms with Crippen molar-refractivity contribution in [1.82, 2.24) is 5.32 Å². The Labute approximate surface area is 111 Å². The van der Waals surface area contributed by atoms with E-state index in [0.29, 0.717) is 17.5 Å². The van der Waals surface area contributed by atoms with Crippen molar-refractivity contribution in [2.24, 2.45) is 5.92 Å². The van der Waals surface area contributed by atoms with Gasteiger partial charge in [0, 0.05) is 24.8 Å². The quantitative estimate of drug-likeness (QED) is 0.884. The third-order valence-electron chi connectivity index (χ3n) is 3.10. The van der Waals surface area contributed by atoms with Crippen molar-refractivity contribution in [2.75, 3.05) is 19.8 Å². The molecule has 0 saturated carbocycles. The predicted molar refractivity (Wildman–Crippen MR) is 69.0 cm³/mol.